The number of halogens is 1. The van der Waals surface area contributed by atoms with Crippen molar-refractivity contribution in [3.05, 3.63) is 51.6 Å². The highest BCUT2D eigenvalue weighted by Gasteiger charge is 2.28. The van der Waals surface area contributed by atoms with Gasteiger partial charge in [-0.05, 0) is 19.1 Å². The first kappa shape index (κ1) is 17.5. The Hall–Kier alpha value is -2.28. The molecule has 2 aromatic rings. The smallest absolute Gasteiger partial charge is 0.347 e. The van der Waals surface area contributed by atoms with Crippen LogP contribution in [-0.4, -0.2) is 33.6 Å². The minimum atomic E-state index is -0.760. The Morgan fingerprint density at radius 1 is 1.24 bits per heavy atom. The van der Waals surface area contributed by atoms with Gasteiger partial charge < -0.3 is 24.5 Å². The molecule has 1 aromatic carbocycles. The summed E-state index contributed by atoms with van der Waals surface area (Å²) in [4.78, 5) is 12.0. The van der Waals surface area contributed by atoms with Crippen LogP contribution in [0.1, 0.15) is 19.1 Å². The molecule has 6 nitrogen and oxygen atoms in total. The van der Waals surface area contributed by atoms with E-state index in [0.717, 1.165) is 6.07 Å². The number of ether oxygens (including phenoxy) is 1. The minimum Gasteiger partial charge on any atom is -0.507 e. The number of aliphatic hydroxyl groups is 1. The zero-order valence-electron chi connectivity index (χ0n) is 13.3. The van der Waals surface area contributed by atoms with Crippen molar-refractivity contribution >= 4 is 28.4 Å². The van der Waals surface area contributed by atoms with Crippen molar-refractivity contribution in [2.24, 2.45) is 0 Å². The predicted octanol–water partition coefficient (Wildman–Crippen LogP) is 2.97. The summed E-state index contributed by atoms with van der Waals surface area (Å²) in [6.07, 6.45) is 6.24. The standard InChI is InChI=1S/C18H17ClO6/c1-9-6-12(20)15(24-9)5-3-2-4-10-7-11-16(18(23)25-10)13(21)8-14(22)17(11)19/h2-5,7-9,12,15,20-22H,6H2,1H3/t9-,12-,15-/m0/s1. The summed E-state index contributed by atoms with van der Waals surface area (Å²) in [7, 11) is 0. The van der Waals surface area contributed by atoms with E-state index in [1.54, 1.807) is 18.2 Å². The molecular formula is C18H17ClO6. The molecule has 0 unspecified atom stereocenters. The van der Waals surface area contributed by atoms with Crippen LogP contribution in [0.15, 0.2) is 39.6 Å². The molecule has 0 radical (unpaired) electrons. The summed E-state index contributed by atoms with van der Waals surface area (Å²) in [5.41, 5.74) is -0.760. The maximum absolute atomic E-state index is 12.0. The van der Waals surface area contributed by atoms with Gasteiger partial charge in [-0.15, -0.1) is 0 Å². The number of aromatic hydroxyl groups is 2. The number of allylic oxidation sites excluding steroid dienone is 2. The van der Waals surface area contributed by atoms with Crippen molar-refractivity contribution in [2.45, 2.75) is 31.7 Å². The number of aliphatic hydroxyl groups excluding tert-OH is 1. The van der Waals surface area contributed by atoms with Crippen molar-refractivity contribution in [1.29, 1.82) is 0 Å². The fourth-order valence-corrected chi connectivity index (χ4v) is 3.00. The largest absolute Gasteiger partial charge is 0.507 e. The fourth-order valence-electron chi connectivity index (χ4n) is 2.80. The molecular weight excluding hydrogens is 348 g/mol. The third-order valence-corrected chi connectivity index (χ3v) is 4.37. The molecule has 1 aromatic heterocycles. The molecule has 1 aliphatic heterocycles. The van der Waals surface area contributed by atoms with Gasteiger partial charge in [0.2, 0.25) is 0 Å². The van der Waals surface area contributed by atoms with Crippen LogP contribution < -0.4 is 5.63 Å². The molecule has 3 atom stereocenters. The van der Waals surface area contributed by atoms with Gasteiger partial charge in [-0.25, -0.2) is 4.79 Å². The highest BCUT2D eigenvalue weighted by molar-refractivity contribution is 6.37. The summed E-state index contributed by atoms with van der Waals surface area (Å²) in [6.45, 7) is 1.89. The highest BCUT2D eigenvalue weighted by Crippen LogP contribution is 2.36. The Morgan fingerprint density at radius 3 is 2.68 bits per heavy atom. The summed E-state index contributed by atoms with van der Waals surface area (Å²) in [5.74, 6) is -0.522. The lowest BCUT2D eigenvalue weighted by Gasteiger charge is -2.07. The number of phenols is 2. The minimum absolute atomic E-state index is 0.00892. The Balaban J connectivity index is 1.87. The molecule has 3 N–H and O–H groups in total. The zero-order valence-corrected chi connectivity index (χ0v) is 14.1. The lowest BCUT2D eigenvalue weighted by molar-refractivity contribution is 0.0469. The van der Waals surface area contributed by atoms with Crippen LogP contribution in [0.5, 0.6) is 11.5 Å². The van der Waals surface area contributed by atoms with E-state index in [2.05, 4.69) is 0 Å². The number of benzene rings is 1. The second-order valence-corrected chi connectivity index (χ2v) is 6.29. The Bertz CT molecular complexity index is 914. The van der Waals surface area contributed by atoms with Crippen LogP contribution in [0.25, 0.3) is 16.8 Å². The maximum atomic E-state index is 12.0. The second-order valence-electron chi connectivity index (χ2n) is 5.91. The summed E-state index contributed by atoms with van der Waals surface area (Å²) >= 11 is 5.99. The number of hydrogen-bond donors (Lipinski definition) is 3. The Labute approximate surface area is 148 Å². The van der Waals surface area contributed by atoms with Gasteiger partial charge in [0.15, 0.2) is 0 Å². The second kappa shape index (κ2) is 6.92. The molecule has 1 saturated heterocycles. The molecule has 0 aliphatic carbocycles. The van der Waals surface area contributed by atoms with Gasteiger partial charge in [0.05, 0.1) is 17.2 Å². The summed E-state index contributed by atoms with van der Waals surface area (Å²) < 4.78 is 10.6. The molecule has 0 saturated carbocycles. The van der Waals surface area contributed by atoms with Gasteiger partial charge in [0.25, 0.3) is 0 Å². The van der Waals surface area contributed by atoms with Crippen molar-refractivity contribution < 1.29 is 24.5 Å². The van der Waals surface area contributed by atoms with Crippen molar-refractivity contribution in [3.8, 4) is 11.5 Å². The van der Waals surface area contributed by atoms with E-state index in [0.29, 0.717) is 6.42 Å². The van der Waals surface area contributed by atoms with Crippen LogP contribution in [0.3, 0.4) is 0 Å². The van der Waals surface area contributed by atoms with Crippen molar-refractivity contribution in [2.75, 3.05) is 0 Å². The molecule has 1 aliphatic rings. The first-order valence-corrected chi connectivity index (χ1v) is 8.11. The Morgan fingerprint density at radius 2 is 2.00 bits per heavy atom. The molecule has 0 amide bonds. The predicted molar refractivity (Wildman–Crippen MR) is 94.0 cm³/mol. The average molecular weight is 365 g/mol. The molecule has 0 spiro atoms. The van der Waals surface area contributed by atoms with Crippen molar-refractivity contribution in [3.63, 3.8) is 0 Å². The van der Waals surface area contributed by atoms with Gasteiger partial charge in [-0.3, -0.25) is 0 Å². The van der Waals surface area contributed by atoms with Gasteiger partial charge in [0, 0.05) is 17.9 Å². The summed E-state index contributed by atoms with van der Waals surface area (Å²) in [5, 5.41) is 29.3. The van der Waals surface area contributed by atoms with Crippen LogP contribution in [-0.2, 0) is 4.74 Å². The Kier molecular flexibility index (Phi) is 4.85. The van der Waals surface area contributed by atoms with Gasteiger partial charge in [-0.2, -0.15) is 0 Å². The first-order valence-electron chi connectivity index (χ1n) is 7.73. The SMILES string of the molecule is C[C@H]1C[C@H](O)[C@H](C=CC=Cc2cc3c(Cl)c(O)cc(O)c3c(=O)o2)O1. The topological polar surface area (TPSA) is 100 Å². The van der Waals surface area contributed by atoms with Gasteiger partial charge >= 0.3 is 5.63 Å². The molecule has 3 rings (SSSR count). The molecule has 2 heterocycles. The average Bonchev–Trinajstić information content (AvgIpc) is 2.86. The highest BCUT2D eigenvalue weighted by atomic mass is 35.5. The lowest BCUT2D eigenvalue weighted by atomic mass is 10.1. The molecule has 132 valence electrons. The van der Waals surface area contributed by atoms with Crippen LogP contribution in [0.4, 0.5) is 0 Å². The summed E-state index contributed by atoms with van der Waals surface area (Å²) in [6, 6.07) is 2.44. The van der Waals surface area contributed by atoms with Crippen molar-refractivity contribution in [1.82, 2.24) is 0 Å². The monoisotopic (exact) mass is 364 g/mol. The number of fused-ring (bicyclic) bond motifs is 1. The molecule has 0 bridgehead atoms. The van der Waals surface area contributed by atoms with Crippen LogP contribution >= 0.6 is 11.6 Å². The number of phenolic OH excluding ortho intramolecular Hbond substituents is 2. The van der Waals surface area contributed by atoms with E-state index >= 15 is 0 Å². The van der Waals surface area contributed by atoms with E-state index in [-0.39, 0.29) is 39.5 Å². The number of hydrogen-bond acceptors (Lipinski definition) is 6. The zero-order chi connectivity index (χ0) is 18.1. The van der Waals surface area contributed by atoms with Gasteiger partial charge in [0.1, 0.15) is 28.7 Å². The van der Waals surface area contributed by atoms with E-state index < -0.39 is 17.5 Å². The molecule has 25 heavy (non-hydrogen) atoms. The van der Waals surface area contributed by atoms with Crippen LogP contribution in [0.2, 0.25) is 5.02 Å². The van der Waals surface area contributed by atoms with E-state index in [9.17, 15) is 20.1 Å². The third kappa shape index (κ3) is 3.56. The quantitative estimate of drug-likeness (QED) is 0.724. The number of rotatable bonds is 3. The fraction of sp³-hybridized carbons (Fsp3) is 0.278. The first-order chi connectivity index (χ1) is 11.9. The molecule has 7 heteroatoms. The third-order valence-electron chi connectivity index (χ3n) is 3.98. The normalized spacial score (nSPS) is 24.0. The lowest BCUT2D eigenvalue weighted by Crippen LogP contribution is -2.17. The van der Waals surface area contributed by atoms with E-state index in [4.69, 9.17) is 20.8 Å². The maximum Gasteiger partial charge on any atom is 0.347 e. The van der Waals surface area contributed by atoms with E-state index in [1.165, 1.54) is 12.1 Å². The molecule has 1 fully saturated rings. The van der Waals surface area contributed by atoms with Gasteiger partial charge in [-0.1, -0.05) is 29.8 Å². The van der Waals surface area contributed by atoms with E-state index in [1.807, 2.05) is 6.92 Å². The van der Waals surface area contributed by atoms with Crippen LogP contribution in [0, 0.1) is 0 Å².